The zero-order chi connectivity index (χ0) is 13.2. The number of hydrogen-bond donors (Lipinski definition) is 1. The van der Waals surface area contributed by atoms with Gasteiger partial charge in [-0.25, -0.2) is 0 Å². The lowest BCUT2D eigenvalue weighted by molar-refractivity contribution is -0.150. The minimum absolute atomic E-state index is 0.156. The van der Waals surface area contributed by atoms with Gasteiger partial charge in [-0.15, -0.1) is 11.3 Å². The topological polar surface area (TPSA) is 38.3 Å². The molecule has 1 aliphatic carbocycles. The Bertz CT molecular complexity index is 425. The molecule has 1 aromatic rings. The monoisotopic (exact) mass is 267 g/mol. The standard InChI is InChI=1S/C14H21NO2S/c1-14(2,13(16)17-3)9-15-11-5-4-6-12-10(11)7-8-18-12/h7-8,11,15H,4-6,9H2,1-3H3. The fourth-order valence-electron chi connectivity index (χ4n) is 2.43. The number of aryl methyl sites for hydroxylation is 1. The molecule has 0 bridgehead atoms. The van der Waals surface area contributed by atoms with Crippen molar-refractivity contribution < 1.29 is 9.53 Å². The highest BCUT2D eigenvalue weighted by Gasteiger charge is 2.30. The van der Waals surface area contributed by atoms with E-state index in [0.717, 1.165) is 6.42 Å². The Balaban J connectivity index is 1.98. The summed E-state index contributed by atoms with van der Waals surface area (Å²) in [6.07, 6.45) is 3.58. The molecule has 4 heteroatoms. The van der Waals surface area contributed by atoms with Crippen LogP contribution < -0.4 is 5.32 Å². The van der Waals surface area contributed by atoms with Gasteiger partial charge in [0.15, 0.2) is 0 Å². The number of rotatable bonds is 4. The van der Waals surface area contributed by atoms with Crippen LogP contribution in [0.5, 0.6) is 0 Å². The Morgan fingerprint density at radius 3 is 3.11 bits per heavy atom. The summed E-state index contributed by atoms with van der Waals surface area (Å²) in [5, 5.41) is 5.69. The molecular weight excluding hydrogens is 246 g/mol. The molecule has 1 unspecified atom stereocenters. The van der Waals surface area contributed by atoms with Gasteiger partial charge >= 0.3 is 5.97 Å². The Morgan fingerprint density at radius 2 is 2.39 bits per heavy atom. The summed E-state index contributed by atoms with van der Waals surface area (Å²) < 4.78 is 4.83. The average Bonchev–Trinajstić information content (AvgIpc) is 2.84. The summed E-state index contributed by atoms with van der Waals surface area (Å²) in [7, 11) is 1.45. The molecule has 0 radical (unpaired) electrons. The van der Waals surface area contributed by atoms with Gasteiger partial charge in [0.1, 0.15) is 0 Å². The van der Waals surface area contributed by atoms with Gasteiger partial charge < -0.3 is 10.1 Å². The van der Waals surface area contributed by atoms with Gasteiger partial charge in [-0.1, -0.05) is 0 Å². The van der Waals surface area contributed by atoms with Crippen molar-refractivity contribution in [3.05, 3.63) is 21.9 Å². The number of carbonyl (C=O) groups is 1. The molecule has 1 atom stereocenters. The second kappa shape index (κ2) is 5.41. The van der Waals surface area contributed by atoms with Crippen molar-refractivity contribution in [2.24, 2.45) is 5.41 Å². The van der Waals surface area contributed by atoms with E-state index in [1.807, 2.05) is 25.2 Å². The van der Waals surface area contributed by atoms with Crippen molar-refractivity contribution in [2.75, 3.05) is 13.7 Å². The largest absolute Gasteiger partial charge is 0.469 e. The molecular formula is C14H21NO2S. The van der Waals surface area contributed by atoms with E-state index in [1.165, 1.54) is 30.4 Å². The number of nitrogens with one attached hydrogen (secondary N) is 1. The molecule has 1 heterocycles. The molecule has 1 N–H and O–H groups in total. The molecule has 100 valence electrons. The summed E-state index contributed by atoms with van der Waals surface area (Å²) in [5.74, 6) is -0.156. The lowest BCUT2D eigenvalue weighted by Gasteiger charge is -2.28. The van der Waals surface area contributed by atoms with Crippen LogP contribution >= 0.6 is 11.3 Å². The molecule has 0 spiro atoms. The zero-order valence-corrected chi connectivity index (χ0v) is 12.1. The second-order valence-electron chi connectivity index (χ2n) is 5.50. The fraction of sp³-hybridized carbons (Fsp3) is 0.643. The molecule has 0 aliphatic heterocycles. The van der Waals surface area contributed by atoms with Crippen molar-refractivity contribution in [1.82, 2.24) is 5.32 Å². The van der Waals surface area contributed by atoms with E-state index in [-0.39, 0.29) is 5.97 Å². The van der Waals surface area contributed by atoms with Gasteiger partial charge in [0, 0.05) is 17.5 Å². The Hall–Kier alpha value is -0.870. The summed E-state index contributed by atoms with van der Waals surface area (Å²) in [6.45, 7) is 4.49. The minimum atomic E-state index is -0.470. The lowest BCUT2D eigenvalue weighted by atomic mass is 9.90. The van der Waals surface area contributed by atoms with Crippen molar-refractivity contribution in [3.8, 4) is 0 Å². The first-order valence-corrected chi connectivity index (χ1v) is 7.30. The van der Waals surface area contributed by atoms with Crippen molar-refractivity contribution in [1.29, 1.82) is 0 Å². The van der Waals surface area contributed by atoms with Gasteiger partial charge in [-0.3, -0.25) is 4.79 Å². The number of methoxy groups -OCH3 is 1. The number of hydrogen-bond acceptors (Lipinski definition) is 4. The van der Waals surface area contributed by atoms with E-state index < -0.39 is 5.41 Å². The van der Waals surface area contributed by atoms with E-state index in [0.29, 0.717) is 12.6 Å². The first kappa shape index (κ1) is 13.6. The molecule has 0 fully saturated rings. The van der Waals surface area contributed by atoms with Gasteiger partial charge in [0.25, 0.3) is 0 Å². The van der Waals surface area contributed by atoms with Crippen LogP contribution in [0.15, 0.2) is 11.4 Å². The van der Waals surface area contributed by atoms with Crippen LogP contribution in [0.2, 0.25) is 0 Å². The van der Waals surface area contributed by atoms with Crippen molar-refractivity contribution in [2.45, 2.75) is 39.2 Å². The molecule has 0 amide bonds. The van der Waals surface area contributed by atoms with E-state index in [1.54, 1.807) is 0 Å². The Kier molecular flexibility index (Phi) is 4.07. The predicted octanol–water partition coefficient (Wildman–Crippen LogP) is 2.91. The van der Waals surface area contributed by atoms with Crippen molar-refractivity contribution in [3.63, 3.8) is 0 Å². The fourth-order valence-corrected chi connectivity index (χ4v) is 3.41. The maximum atomic E-state index is 11.6. The van der Waals surface area contributed by atoms with Crippen LogP contribution in [0, 0.1) is 5.41 Å². The predicted molar refractivity (Wildman–Crippen MR) is 73.8 cm³/mol. The van der Waals surface area contributed by atoms with Crippen LogP contribution in [0.3, 0.4) is 0 Å². The van der Waals surface area contributed by atoms with Crippen LogP contribution in [0.1, 0.15) is 43.2 Å². The number of carbonyl (C=O) groups excluding carboxylic acids is 1. The summed E-state index contributed by atoms with van der Waals surface area (Å²) >= 11 is 1.84. The van der Waals surface area contributed by atoms with Crippen LogP contribution in [0.4, 0.5) is 0 Å². The van der Waals surface area contributed by atoms with Crippen LogP contribution in [-0.2, 0) is 16.0 Å². The summed E-state index contributed by atoms with van der Waals surface area (Å²) in [4.78, 5) is 13.1. The van der Waals surface area contributed by atoms with Crippen molar-refractivity contribution >= 4 is 17.3 Å². The highest BCUT2D eigenvalue weighted by atomic mass is 32.1. The number of esters is 1. The molecule has 3 nitrogen and oxygen atoms in total. The minimum Gasteiger partial charge on any atom is -0.469 e. The maximum absolute atomic E-state index is 11.6. The Labute approximate surface area is 113 Å². The number of ether oxygens (including phenoxy) is 1. The van der Waals surface area contributed by atoms with Gasteiger partial charge in [-0.2, -0.15) is 0 Å². The number of thiophene rings is 1. The first-order valence-electron chi connectivity index (χ1n) is 6.42. The third-order valence-electron chi connectivity index (χ3n) is 3.58. The smallest absolute Gasteiger partial charge is 0.312 e. The Morgan fingerprint density at radius 1 is 1.61 bits per heavy atom. The summed E-state index contributed by atoms with van der Waals surface area (Å²) in [6, 6.07) is 2.60. The maximum Gasteiger partial charge on any atom is 0.312 e. The van der Waals surface area contributed by atoms with E-state index >= 15 is 0 Å². The summed E-state index contributed by atoms with van der Waals surface area (Å²) in [5.41, 5.74) is 0.953. The van der Waals surface area contributed by atoms with E-state index in [9.17, 15) is 4.79 Å². The molecule has 1 aliphatic rings. The van der Waals surface area contributed by atoms with E-state index in [2.05, 4.69) is 16.8 Å². The molecule has 2 rings (SSSR count). The molecule has 1 aromatic heterocycles. The number of fused-ring (bicyclic) bond motifs is 1. The highest BCUT2D eigenvalue weighted by molar-refractivity contribution is 7.10. The van der Waals surface area contributed by atoms with Gasteiger partial charge in [0.2, 0.25) is 0 Å². The normalized spacial score (nSPS) is 19.4. The second-order valence-corrected chi connectivity index (χ2v) is 6.50. The first-order chi connectivity index (χ1) is 8.54. The lowest BCUT2D eigenvalue weighted by Crippen LogP contribution is -2.39. The average molecular weight is 267 g/mol. The SMILES string of the molecule is COC(=O)C(C)(C)CNC1CCCc2sccc21. The quantitative estimate of drug-likeness (QED) is 0.852. The molecule has 0 saturated carbocycles. The molecule has 0 saturated heterocycles. The van der Waals surface area contributed by atoms with Gasteiger partial charge in [-0.05, 0) is 50.1 Å². The molecule has 18 heavy (non-hydrogen) atoms. The van der Waals surface area contributed by atoms with E-state index in [4.69, 9.17) is 4.74 Å². The van der Waals surface area contributed by atoms with Crippen LogP contribution in [-0.4, -0.2) is 19.6 Å². The highest BCUT2D eigenvalue weighted by Crippen LogP contribution is 2.33. The third-order valence-corrected chi connectivity index (χ3v) is 4.58. The third kappa shape index (κ3) is 2.75. The zero-order valence-electron chi connectivity index (χ0n) is 11.3. The van der Waals surface area contributed by atoms with Gasteiger partial charge in [0.05, 0.1) is 12.5 Å². The molecule has 0 aromatic carbocycles. The van der Waals surface area contributed by atoms with Crippen LogP contribution in [0.25, 0.3) is 0 Å².